The minimum Gasteiger partial charge on any atom is -0.324 e. The maximum atomic E-state index is 11.9. The number of nitrogens with two attached hydrogens (primary N) is 1. The first-order valence-electron chi connectivity index (χ1n) is 4.56. The van der Waals surface area contributed by atoms with E-state index in [1.165, 1.54) is 11.3 Å². The van der Waals surface area contributed by atoms with Crippen LogP contribution in [0.15, 0.2) is 6.07 Å². The van der Waals surface area contributed by atoms with Crippen LogP contribution < -0.4 is 5.73 Å². The molecule has 1 aromatic heterocycles. The third kappa shape index (κ3) is 4.49. The van der Waals surface area contributed by atoms with Crippen LogP contribution in [0.1, 0.15) is 30.9 Å². The summed E-state index contributed by atoms with van der Waals surface area (Å²) in [7, 11) is 0. The van der Waals surface area contributed by atoms with Gasteiger partial charge >= 0.3 is 6.18 Å². The van der Waals surface area contributed by atoms with Crippen molar-refractivity contribution < 1.29 is 13.2 Å². The molecule has 0 aliphatic rings. The van der Waals surface area contributed by atoms with E-state index in [9.17, 15) is 13.2 Å². The Morgan fingerprint density at radius 1 is 1.38 bits per heavy atom. The molecule has 1 rings (SSSR count). The second-order valence-electron chi connectivity index (χ2n) is 3.39. The molecule has 0 bridgehead atoms. The first-order chi connectivity index (χ1) is 7.29. The minimum atomic E-state index is -4.13. The molecule has 0 aromatic carbocycles. The van der Waals surface area contributed by atoms with Crippen LogP contribution in [0.4, 0.5) is 13.2 Å². The van der Waals surface area contributed by atoms with E-state index in [1.807, 2.05) is 0 Å². The Bertz CT molecular complexity index is 351. The topological polar surface area (TPSA) is 26.0 Å². The van der Waals surface area contributed by atoms with Crippen LogP contribution in [0.5, 0.6) is 0 Å². The molecule has 1 nitrogen and oxygen atoms in total. The third-order valence-corrected chi connectivity index (χ3v) is 3.58. The normalized spacial score (nSPS) is 14.1. The van der Waals surface area contributed by atoms with Gasteiger partial charge in [-0.05, 0) is 24.5 Å². The lowest BCUT2D eigenvalue weighted by Crippen LogP contribution is -2.12. The Hall–Kier alpha value is 0.0300. The lowest BCUT2D eigenvalue weighted by atomic mass is 10.1. The fourth-order valence-corrected chi connectivity index (χ4v) is 2.88. The standard InChI is InChI=1S/C9H10Cl2F3NS/c10-7-4-5(8(11)16-7)6(15)2-1-3-9(12,13)14/h4,6H,1-3,15H2. The van der Waals surface area contributed by atoms with Gasteiger partial charge in [0.2, 0.25) is 0 Å². The zero-order valence-corrected chi connectivity index (χ0v) is 10.5. The summed E-state index contributed by atoms with van der Waals surface area (Å²) < 4.78 is 36.7. The second-order valence-corrected chi connectivity index (χ2v) is 5.68. The largest absolute Gasteiger partial charge is 0.389 e. The Labute approximate surface area is 105 Å². The fraction of sp³-hybridized carbons (Fsp3) is 0.556. The molecule has 0 saturated carbocycles. The number of hydrogen-bond acceptors (Lipinski definition) is 2. The Morgan fingerprint density at radius 2 is 2.00 bits per heavy atom. The molecular formula is C9H10Cl2F3NS. The summed E-state index contributed by atoms with van der Waals surface area (Å²) in [5.74, 6) is 0. The van der Waals surface area contributed by atoms with Gasteiger partial charge in [-0.1, -0.05) is 23.2 Å². The Morgan fingerprint density at radius 3 is 2.44 bits per heavy atom. The summed E-state index contributed by atoms with van der Waals surface area (Å²) in [6.07, 6.45) is -4.72. The smallest absolute Gasteiger partial charge is 0.324 e. The maximum absolute atomic E-state index is 11.9. The second kappa shape index (κ2) is 5.58. The highest BCUT2D eigenvalue weighted by molar-refractivity contribution is 7.20. The van der Waals surface area contributed by atoms with Crippen molar-refractivity contribution in [2.24, 2.45) is 5.73 Å². The SMILES string of the molecule is NC(CCCC(F)(F)F)c1cc(Cl)sc1Cl. The molecule has 92 valence electrons. The molecule has 0 saturated heterocycles. The van der Waals surface area contributed by atoms with Gasteiger partial charge in [0.25, 0.3) is 0 Å². The lowest BCUT2D eigenvalue weighted by Gasteiger charge is -2.11. The Kier molecular flexibility index (Phi) is 4.91. The van der Waals surface area contributed by atoms with E-state index in [0.717, 1.165) is 0 Å². The van der Waals surface area contributed by atoms with Crippen molar-refractivity contribution >= 4 is 34.5 Å². The highest BCUT2D eigenvalue weighted by Gasteiger charge is 2.26. The van der Waals surface area contributed by atoms with E-state index in [4.69, 9.17) is 28.9 Å². The fourth-order valence-electron chi connectivity index (χ4n) is 1.28. The summed E-state index contributed by atoms with van der Waals surface area (Å²) in [4.78, 5) is 0. The van der Waals surface area contributed by atoms with E-state index in [1.54, 1.807) is 6.07 Å². The van der Waals surface area contributed by atoms with Crippen LogP contribution in [0.3, 0.4) is 0 Å². The van der Waals surface area contributed by atoms with E-state index in [-0.39, 0.29) is 12.8 Å². The summed E-state index contributed by atoms with van der Waals surface area (Å²) in [5.41, 5.74) is 6.36. The molecule has 7 heteroatoms. The van der Waals surface area contributed by atoms with Crippen LogP contribution in [0.25, 0.3) is 0 Å². The quantitative estimate of drug-likeness (QED) is 0.848. The molecule has 0 amide bonds. The summed E-state index contributed by atoms with van der Waals surface area (Å²) in [5, 5.41) is 0. The van der Waals surface area contributed by atoms with Gasteiger partial charge in [0.05, 0.1) is 8.67 Å². The molecule has 1 atom stereocenters. The van der Waals surface area contributed by atoms with E-state index in [2.05, 4.69) is 0 Å². The highest BCUT2D eigenvalue weighted by atomic mass is 35.5. The van der Waals surface area contributed by atoms with Crippen molar-refractivity contribution in [3.63, 3.8) is 0 Å². The molecule has 1 heterocycles. The monoisotopic (exact) mass is 291 g/mol. The molecular weight excluding hydrogens is 282 g/mol. The average molecular weight is 292 g/mol. The number of alkyl halides is 3. The predicted molar refractivity (Wildman–Crippen MR) is 61.2 cm³/mol. The molecule has 2 N–H and O–H groups in total. The van der Waals surface area contributed by atoms with Gasteiger partial charge < -0.3 is 5.73 Å². The van der Waals surface area contributed by atoms with E-state index in [0.29, 0.717) is 14.2 Å². The molecule has 0 aliphatic carbocycles. The van der Waals surface area contributed by atoms with Gasteiger partial charge in [0.15, 0.2) is 0 Å². The Balaban J connectivity index is 2.47. The van der Waals surface area contributed by atoms with Crippen LogP contribution in [0, 0.1) is 0 Å². The first kappa shape index (κ1) is 14.1. The molecule has 0 spiro atoms. The van der Waals surface area contributed by atoms with Gasteiger partial charge in [-0.2, -0.15) is 13.2 Å². The number of rotatable bonds is 4. The minimum absolute atomic E-state index is 0.00549. The summed E-state index contributed by atoms with van der Waals surface area (Å²) in [6, 6.07) is 1.12. The molecule has 0 radical (unpaired) electrons. The van der Waals surface area contributed by atoms with Crippen molar-refractivity contribution in [2.45, 2.75) is 31.5 Å². The number of hydrogen-bond donors (Lipinski definition) is 1. The van der Waals surface area contributed by atoms with Crippen molar-refractivity contribution in [2.75, 3.05) is 0 Å². The van der Waals surface area contributed by atoms with Crippen LogP contribution in [0.2, 0.25) is 8.67 Å². The number of thiophene rings is 1. The first-order valence-corrected chi connectivity index (χ1v) is 6.14. The van der Waals surface area contributed by atoms with Gasteiger partial charge in [-0.3, -0.25) is 0 Å². The maximum Gasteiger partial charge on any atom is 0.389 e. The molecule has 0 aliphatic heterocycles. The predicted octanol–water partition coefficient (Wildman–Crippen LogP) is 4.79. The molecule has 1 aromatic rings. The van der Waals surface area contributed by atoms with Crippen molar-refractivity contribution in [3.8, 4) is 0 Å². The molecule has 0 fully saturated rings. The number of halogens is 5. The van der Waals surface area contributed by atoms with Gasteiger partial charge in [-0.15, -0.1) is 11.3 Å². The summed E-state index contributed by atoms with van der Waals surface area (Å²) >= 11 is 12.7. The van der Waals surface area contributed by atoms with Crippen LogP contribution in [-0.2, 0) is 0 Å². The zero-order valence-electron chi connectivity index (χ0n) is 8.15. The van der Waals surface area contributed by atoms with Gasteiger partial charge in [0, 0.05) is 12.5 Å². The highest BCUT2D eigenvalue weighted by Crippen LogP contribution is 2.36. The zero-order chi connectivity index (χ0) is 12.3. The van der Waals surface area contributed by atoms with Gasteiger partial charge in [-0.25, -0.2) is 0 Å². The molecule has 1 unspecified atom stereocenters. The van der Waals surface area contributed by atoms with Crippen LogP contribution >= 0.6 is 34.5 Å². The van der Waals surface area contributed by atoms with Crippen molar-refractivity contribution in [1.82, 2.24) is 0 Å². The van der Waals surface area contributed by atoms with E-state index < -0.39 is 18.6 Å². The van der Waals surface area contributed by atoms with Gasteiger partial charge in [0.1, 0.15) is 0 Å². The lowest BCUT2D eigenvalue weighted by molar-refractivity contribution is -0.135. The average Bonchev–Trinajstić information content (AvgIpc) is 2.43. The third-order valence-electron chi connectivity index (χ3n) is 2.06. The van der Waals surface area contributed by atoms with Crippen molar-refractivity contribution in [1.29, 1.82) is 0 Å². The summed E-state index contributed by atoms with van der Waals surface area (Å²) in [6.45, 7) is 0. The van der Waals surface area contributed by atoms with Crippen LogP contribution in [-0.4, -0.2) is 6.18 Å². The van der Waals surface area contributed by atoms with Crippen molar-refractivity contribution in [3.05, 3.63) is 20.3 Å². The molecule has 16 heavy (non-hydrogen) atoms. The van der Waals surface area contributed by atoms with E-state index >= 15 is 0 Å².